The van der Waals surface area contributed by atoms with Gasteiger partial charge in [-0.15, -0.1) is 0 Å². The van der Waals surface area contributed by atoms with Gasteiger partial charge in [0.05, 0.1) is 5.56 Å². The molecule has 0 aliphatic rings. The molecule has 168 valence electrons. The lowest BCUT2D eigenvalue weighted by Gasteiger charge is -2.20. The zero-order valence-corrected chi connectivity index (χ0v) is 18.2. The van der Waals surface area contributed by atoms with Gasteiger partial charge in [-0.25, -0.2) is 0 Å². The number of nitrogens with one attached hydrogen (secondary N) is 3. The van der Waals surface area contributed by atoms with E-state index in [2.05, 4.69) is 20.9 Å². The lowest BCUT2D eigenvalue weighted by molar-refractivity contribution is -0.137. The Labute approximate surface area is 181 Å². The van der Waals surface area contributed by atoms with Gasteiger partial charge in [0.25, 0.3) is 5.91 Å². The van der Waals surface area contributed by atoms with Crippen molar-refractivity contribution in [2.45, 2.75) is 45.5 Å². The predicted octanol–water partition coefficient (Wildman–Crippen LogP) is 4.14. The highest BCUT2D eigenvalue weighted by Gasteiger charge is 2.29. The minimum Gasteiger partial charge on any atom is -0.356 e. The molecule has 0 fully saturated rings. The maximum Gasteiger partial charge on any atom is 0.416 e. The predicted molar refractivity (Wildman–Crippen MR) is 117 cm³/mol. The third-order valence-corrected chi connectivity index (χ3v) is 4.35. The van der Waals surface area contributed by atoms with Gasteiger partial charge < -0.3 is 16.0 Å². The summed E-state index contributed by atoms with van der Waals surface area (Å²) in [5.41, 5.74) is 1.34. The van der Waals surface area contributed by atoms with Crippen LogP contribution >= 0.6 is 0 Å². The standard InChI is InChI=1S/C23H29F3N4O/c1-22(2,3)30-20(31)18-7-5-6-17(14-18)15-29-21(27-4)28-13-12-16-8-10-19(11-9-16)23(24,25)26/h5-11,14H,12-13,15H2,1-4H3,(H,30,31)(H2,27,28,29). The summed E-state index contributed by atoms with van der Waals surface area (Å²) in [6.45, 7) is 6.76. The first-order valence-electron chi connectivity index (χ1n) is 10.00. The molecule has 0 aliphatic heterocycles. The van der Waals surface area contributed by atoms with Gasteiger partial charge in [0, 0.05) is 31.2 Å². The second-order valence-electron chi connectivity index (χ2n) is 8.20. The summed E-state index contributed by atoms with van der Waals surface area (Å²) >= 11 is 0. The van der Waals surface area contributed by atoms with E-state index in [1.165, 1.54) is 12.1 Å². The first-order valence-corrected chi connectivity index (χ1v) is 10.00. The first kappa shape index (κ1) is 24.2. The molecule has 31 heavy (non-hydrogen) atoms. The van der Waals surface area contributed by atoms with E-state index in [4.69, 9.17) is 0 Å². The number of hydrogen-bond acceptors (Lipinski definition) is 2. The summed E-state index contributed by atoms with van der Waals surface area (Å²) in [5.74, 6) is 0.435. The fourth-order valence-electron chi connectivity index (χ4n) is 2.83. The molecular formula is C23H29F3N4O. The quantitative estimate of drug-likeness (QED) is 0.473. The van der Waals surface area contributed by atoms with Crippen LogP contribution in [-0.2, 0) is 19.1 Å². The number of rotatable bonds is 6. The molecule has 0 atom stereocenters. The normalized spacial score (nSPS) is 12.4. The molecular weight excluding hydrogens is 405 g/mol. The SMILES string of the molecule is CN=C(NCCc1ccc(C(F)(F)F)cc1)NCc1cccc(C(=O)NC(C)(C)C)c1. The molecule has 0 radical (unpaired) electrons. The van der Waals surface area contributed by atoms with Crippen molar-refractivity contribution >= 4 is 11.9 Å². The summed E-state index contributed by atoms with van der Waals surface area (Å²) in [6, 6.07) is 12.5. The maximum absolute atomic E-state index is 12.6. The summed E-state index contributed by atoms with van der Waals surface area (Å²) in [7, 11) is 1.64. The Balaban J connectivity index is 1.85. The fourth-order valence-corrected chi connectivity index (χ4v) is 2.83. The van der Waals surface area contributed by atoms with E-state index in [0.717, 1.165) is 23.3 Å². The Hall–Kier alpha value is -3.03. The van der Waals surface area contributed by atoms with Crippen LogP contribution in [0.1, 0.15) is 47.8 Å². The first-order chi connectivity index (χ1) is 14.5. The van der Waals surface area contributed by atoms with Crippen LogP contribution in [0.5, 0.6) is 0 Å². The number of hydrogen-bond donors (Lipinski definition) is 3. The van der Waals surface area contributed by atoms with E-state index in [9.17, 15) is 18.0 Å². The van der Waals surface area contributed by atoms with Gasteiger partial charge in [-0.2, -0.15) is 13.2 Å². The Morgan fingerprint density at radius 3 is 2.23 bits per heavy atom. The number of halogens is 3. The Morgan fingerprint density at radius 1 is 0.968 bits per heavy atom. The minimum atomic E-state index is -4.33. The molecule has 8 heteroatoms. The van der Waals surface area contributed by atoms with Crippen LogP contribution in [0.15, 0.2) is 53.5 Å². The lowest BCUT2D eigenvalue weighted by Crippen LogP contribution is -2.40. The van der Waals surface area contributed by atoms with Gasteiger partial charge in [-0.1, -0.05) is 24.3 Å². The number of alkyl halides is 3. The van der Waals surface area contributed by atoms with Crippen molar-refractivity contribution in [1.29, 1.82) is 0 Å². The smallest absolute Gasteiger partial charge is 0.356 e. The van der Waals surface area contributed by atoms with Crippen molar-refractivity contribution in [3.05, 3.63) is 70.8 Å². The van der Waals surface area contributed by atoms with Crippen molar-refractivity contribution in [3.63, 3.8) is 0 Å². The lowest BCUT2D eigenvalue weighted by atomic mass is 10.1. The molecule has 0 aliphatic carbocycles. The summed E-state index contributed by atoms with van der Waals surface area (Å²) < 4.78 is 37.9. The highest BCUT2D eigenvalue weighted by Crippen LogP contribution is 2.29. The number of carbonyl (C=O) groups is 1. The number of aliphatic imine (C=N–C) groups is 1. The fraction of sp³-hybridized carbons (Fsp3) is 0.391. The third-order valence-electron chi connectivity index (χ3n) is 4.35. The van der Waals surface area contributed by atoms with Gasteiger partial charge in [0.15, 0.2) is 5.96 Å². The van der Waals surface area contributed by atoms with Crippen molar-refractivity contribution in [2.75, 3.05) is 13.6 Å². The van der Waals surface area contributed by atoms with Crippen molar-refractivity contribution < 1.29 is 18.0 Å². The van der Waals surface area contributed by atoms with Crippen LogP contribution in [0.25, 0.3) is 0 Å². The molecule has 3 N–H and O–H groups in total. The summed E-state index contributed by atoms with van der Waals surface area (Å²) in [6.07, 6.45) is -3.77. The molecule has 0 saturated carbocycles. The highest BCUT2D eigenvalue weighted by atomic mass is 19.4. The zero-order valence-electron chi connectivity index (χ0n) is 18.2. The van der Waals surface area contributed by atoms with Crippen molar-refractivity contribution in [2.24, 2.45) is 4.99 Å². The van der Waals surface area contributed by atoms with Gasteiger partial charge in [0.2, 0.25) is 0 Å². The molecule has 2 rings (SSSR count). The van der Waals surface area contributed by atoms with Gasteiger partial charge in [-0.05, 0) is 62.6 Å². The van der Waals surface area contributed by atoms with Crippen LogP contribution < -0.4 is 16.0 Å². The molecule has 5 nitrogen and oxygen atoms in total. The Morgan fingerprint density at radius 2 is 1.65 bits per heavy atom. The van der Waals surface area contributed by atoms with Crippen LogP contribution in [0.2, 0.25) is 0 Å². The van der Waals surface area contributed by atoms with Gasteiger partial charge in [0.1, 0.15) is 0 Å². The monoisotopic (exact) mass is 434 g/mol. The Kier molecular flexibility index (Phi) is 8.08. The minimum absolute atomic E-state index is 0.131. The molecule has 1 amide bonds. The average molecular weight is 435 g/mol. The third kappa shape index (κ3) is 8.32. The van der Waals surface area contributed by atoms with E-state index in [1.54, 1.807) is 13.1 Å². The summed E-state index contributed by atoms with van der Waals surface area (Å²) in [4.78, 5) is 16.5. The molecule has 2 aromatic carbocycles. The topological polar surface area (TPSA) is 65.5 Å². The highest BCUT2D eigenvalue weighted by molar-refractivity contribution is 5.94. The molecule has 0 aromatic heterocycles. The van der Waals surface area contributed by atoms with E-state index in [-0.39, 0.29) is 11.4 Å². The number of carbonyl (C=O) groups excluding carboxylic acids is 1. The van der Waals surface area contributed by atoms with Gasteiger partial charge in [-0.3, -0.25) is 9.79 Å². The Bertz CT molecular complexity index is 900. The molecule has 0 heterocycles. The molecule has 2 aromatic rings. The maximum atomic E-state index is 12.6. The second-order valence-corrected chi connectivity index (χ2v) is 8.20. The molecule has 0 spiro atoms. The number of guanidine groups is 1. The summed E-state index contributed by atoms with van der Waals surface area (Å²) in [5, 5.41) is 9.25. The van der Waals surface area contributed by atoms with Crippen LogP contribution in [0.4, 0.5) is 13.2 Å². The molecule has 0 unspecified atom stereocenters. The van der Waals surface area contributed by atoms with Gasteiger partial charge >= 0.3 is 6.18 Å². The molecule has 0 bridgehead atoms. The van der Waals surface area contributed by atoms with Crippen LogP contribution in [0.3, 0.4) is 0 Å². The second kappa shape index (κ2) is 10.3. The van der Waals surface area contributed by atoms with E-state index < -0.39 is 11.7 Å². The number of amides is 1. The van der Waals surface area contributed by atoms with Crippen molar-refractivity contribution in [3.8, 4) is 0 Å². The van der Waals surface area contributed by atoms with E-state index >= 15 is 0 Å². The van der Waals surface area contributed by atoms with Crippen LogP contribution in [-0.4, -0.2) is 31.0 Å². The zero-order chi connectivity index (χ0) is 23.1. The number of benzene rings is 2. The van der Waals surface area contributed by atoms with Crippen LogP contribution in [0, 0.1) is 0 Å². The van der Waals surface area contributed by atoms with E-state index in [0.29, 0.717) is 31.0 Å². The average Bonchev–Trinajstić information content (AvgIpc) is 2.69. The van der Waals surface area contributed by atoms with Crippen molar-refractivity contribution in [1.82, 2.24) is 16.0 Å². The largest absolute Gasteiger partial charge is 0.416 e. The van der Waals surface area contributed by atoms with E-state index in [1.807, 2.05) is 39.0 Å². The molecule has 0 saturated heterocycles. The number of nitrogens with zero attached hydrogens (tertiary/aromatic N) is 1.